The molecule has 0 aliphatic heterocycles. The fourth-order valence-corrected chi connectivity index (χ4v) is 7.32. The molecule has 0 saturated carbocycles. The molecule has 0 aliphatic rings. The van der Waals surface area contributed by atoms with Gasteiger partial charge in [0.05, 0.1) is 27.8 Å². The lowest BCUT2D eigenvalue weighted by Gasteiger charge is -2.22. The Bertz CT molecular complexity index is 2540. The van der Waals surface area contributed by atoms with E-state index < -0.39 is 0 Å². The van der Waals surface area contributed by atoms with Gasteiger partial charge in [-0.25, -0.2) is 9.97 Å². The highest BCUT2D eigenvalue weighted by Gasteiger charge is 2.23. The molecule has 0 amide bonds. The van der Waals surface area contributed by atoms with Crippen LogP contribution < -0.4 is 4.74 Å². The molecular formula is C46H44N4O. The van der Waals surface area contributed by atoms with Crippen molar-refractivity contribution in [3.8, 4) is 34.4 Å². The van der Waals surface area contributed by atoms with Gasteiger partial charge in [0.1, 0.15) is 23.1 Å². The Morgan fingerprint density at radius 3 is 2.00 bits per heavy atom. The molecule has 51 heavy (non-hydrogen) atoms. The summed E-state index contributed by atoms with van der Waals surface area (Å²) in [6.07, 6.45) is 1.92. The van der Waals surface area contributed by atoms with E-state index in [0.29, 0.717) is 11.8 Å². The van der Waals surface area contributed by atoms with Crippen LogP contribution in [0.3, 0.4) is 0 Å². The highest BCUT2D eigenvalue weighted by Crippen LogP contribution is 2.39. The molecule has 0 atom stereocenters. The first-order chi connectivity index (χ1) is 24.6. The molecule has 3 heterocycles. The van der Waals surface area contributed by atoms with Crippen molar-refractivity contribution in [2.75, 3.05) is 0 Å². The van der Waals surface area contributed by atoms with Gasteiger partial charge in [-0.3, -0.25) is 9.13 Å². The maximum atomic E-state index is 6.69. The van der Waals surface area contributed by atoms with Gasteiger partial charge in [-0.15, -0.1) is 0 Å². The van der Waals surface area contributed by atoms with Crippen LogP contribution in [0.4, 0.5) is 0 Å². The zero-order chi connectivity index (χ0) is 35.4. The number of pyridine rings is 1. The Morgan fingerprint density at radius 1 is 0.588 bits per heavy atom. The van der Waals surface area contributed by atoms with E-state index in [-0.39, 0.29) is 5.41 Å². The zero-order valence-corrected chi connectivity index (χ0v) is 30.5. The van der Waals surface area contributed by atoms with Crippen LogP contribution in [0.15, 0.2) is 128 Å². The number of fused-ring (bicyclic) bond motifs is 4. The molecule has 0 N–H and O–H groups in total. The molecule has 0 spiro atoms. The Labute approximate surface area is 300 Å². The average molecular weight is 669 g/mol. The van der Waals surface area contributed by atoms with Gasteiger partial charge in [0.15, 0.2) is 0 Å². The number of imidazole rings is 1. The van der Waals surface area contributed by atoms with E-state index in [1.165, 1.54) is 27.8 Å². The Balaban J connectivity index is 1.25. The van der Waals surface area contributed by atoms with Crippen molar-refractivity contribution in [1.29, 1.82) is 0 Å². The van der Waals surface area contributed by atoms with Crippen LogP contribution >= 0.6 is 0 Å². The Hall–Kier alpha value is -5.68. The molecule has 0 saturated heterocycles. The summed E-state index contributed by atoms with van der Waals surface area (Å²) in [5.41, 5.74) is 10.3. The lowest BCUT2D eigenvalue weighted by molar-refractivity contribution is 0.483. The van der Waals surface area contributed by atoms with E-state index in [1.807, 2.05) is 12.3 Å². The molecule has 0 aliphatic carbocycles. The number of ether oxygens (including phenoxy) is 1. The van der Waals surface area contributed by atoms with Crippen molar-refractivity contribution in [2.24, 2.45) is 0 Å². The molecule has 0 unspecified atom stereocenters. The average Bonchev–Trinajstić information content (AvgIpc) is 3.67. The van der Waals surface area contributed by atoms with Crippen LogP contribution in [0.1, 0.15) is 77.0 Å². The maximum Gasteiger partial charge on any atom is 0.145 e. The van der Waals surface area contributed by atoms with Crippen molar-refractivity contribution < 1.29 is 4.74 Å². The summed E-state index contributed by atoms with van der Waals surface area (Å²) >= 11 is 0. The van der Waals surface area contributed by atoms with E-state index in [2.05, 4.69) is 173 Å². The van der Waals surface area contributed by atoms with Crippen LogP contribution in [0.2, 0.25) is 0 Å². The fraction of sp³-hybridized carbons (Fsp3) is 0.217. The SMILES string of the molecule is CC(C)c1cccc(C(C)C)c1-n1c(-c2cccc(Oc3ccc4c5ccccc5n(-c5cc(C(C)(C)C)ccn5)c4c3)c2)nc2ccccc21. The van der Waals surface area contributed by atoms with E-state index in [0.717, 1.165) is 56.2 Å². The highest BCUT2D eigenvalue weighted by molar-refractivity contribution is 6.09. The van der Waals surface area contributed by atoms with Gasteiger partial charge in [0.2, 0.25) is 0 Å². The summed E-state index contributed by atoms with van der Waals surface area (Å²) in [6.45, 7) is 15.8. The van der Waals surface area contributed by atoms with Crippen LogP contribution in [0, 0.1) is 0 Å². The molecular weight excluding hydrogens is 625 g/mol. The molecule has 0 radical (unpaired) electrons. The summed E-state index contributed by atoms with van der Waals surface area (Å²) in [6, 6.07) is 42.7. The van der Waals surface area contributed by atoms with E-state index in [4.69, 9.17) is 14.7 Å². The number of para-hydroxylation sites is 4. The van der Waals surface area contributed by atoms with Gasteiger partial charge in [-0.2, -0.15) is 0 Å². The van der Waals surface area contributed by atoms with Crippen molar-refractivity contribution in [3.05, 3.63) is 144 Å². The number of hydrogen-bond donors (Lipinski definition) is 0. The first-order valence-electron chi connectivity index (χ1n) is 18.0. The third-order valence-electron chi connectivity index (χ3n) is 9.94. The normalized spacial score (nSPS) is 12.2. The summed E-state index contributed by atoms with van der Waals surface area (Å²) in [5, 5.41) is 2.35. The second kappa shape index (κ2) is 12.6. The standard InChI is InChI=1S/C46H44N4O/c1-29(2)35-17-13-18-36(30(3)4)44(35)50-41-21-11-9-19-39(41)48-45(50)31-14-12-15-33(26-31)51-34-22-23-38-37-16-8-10-20-40(37)49(42(38)28-34)43-27-32(24-25-47-43)46(5,6)7/h8-30H,1-7H3. The van der Waals surface area contributed by atoms with E-state index in [1.54, 1.807) is 0 Å². The molecule has 5 aromatic carbocycles. The lowest BCUT2D eigenvalue weighted by atomic mass is 9.88. The minimum Gasteiger partial charge on any atom is -0.457 e. The van der Waals surface area contributed by atoms with Crippen molar-refractivity contribution in [3.63, 3.8) is 0 Å². The Kier molecular flexibility index (Phi) is 8.02. The van der Waals surface area contributed by atoms with Crippen LogP contribution in [0.5, 0.6) is 11.5 Å². The first-order valence-corrected chi connectivity index (χ1v) is 18.0. The van der Waals surface area contributed by atoms with Gasteiger partial charge in [0, 0.05) is 28.6 Å². The summed E-state index contributed by atoms with van der Waals surface area (Å²) in [4.78, 5) is 10.1. The molecule has 8 rings (SSSR count). The van der Waals surface area contributed by atoms with Crippen molar-refractivity contribution in [1.82, 2.24) is 19.1 Å². The van der Waals surface area contributed by atoms with Crippen LogP contribution in [0.25, 0.3) is 55.7 Å². The molecule has 0 fully saturated rings. The number of aromatic nitrogens is 4. The summed E-state index contributed by atoms with van der Waals surface area (Å²) in [7, 11) is 0. The maximum absolute atomic E-state index is 6.69. The quantitative estimate of drug-likeness (QED) is 0.170. The third-order valence-corrected chi connectivity index (χ3v) is 9.94. The summed E-state index contributed by atoms with van der Waals surface area (Å²) < 4.78 is 11.3. The minimum atomic E-state index is 0.00349. The van der Waals surface area contributed by atoms with Gasteiger partial charge in [-0.05, 0) is 88.5 Å². The van der Waals surface area contributed by atoms with Crippen LogP contribution in [-0.4, -0.2) is 19.1 Å². The second-order valence-electron chi connectivity index (χ2n) is 15.2. The van der Waals surface area contributed by atoms with Gasteiger partial charge < -0.3 is 4.74 Å². The monoisotopic (exact) mass is 668 g/mol. The number of benzene rings is 5. The fourth-order valence-electron chi connectivity index (χ4n) is 7.32. The molecule has 254 valence electrons. The molecule has 8 aromatic rings. The number of hydrogen-bond acceptors (Lipinski definition) is 3. The van der Waals surface area contributed by atoms with Crippen molar-refractivity contribution >= 4 is 32.8 Å². The lowest BCUT2D eigenvalue weighted by Crippen LogP contribution is -2.12. The molecule has 5 nitrogen and oxygen atoms in total. The van der Waals surface area contributed by atoms with E-state index in [9.17, 15) is 0 Å². The number of nitrogens with zero attached hydrogens (tertiary/aromatic N) is 4. The van der Waals surface area contributed by atoms with Crippen LogP contribution in [-0.2, 0) is 5.41 Å². The predicted octanol–water partition coefficient (Wildman–Crippen LogP) is 12.5. The molecule has 0 bridgehead atoms. The Morgan fingerprint density at radius 2 is 1.25 bits per heavy atom. The van der Waals surface area contributed by atoms with Gasteiger partial charge in [0.25, 0.3) is 0 Å². The van der Waals surface area contributed by atoms with E-state index >= 15 is 0 Å². The third kappa shape index (κ3) is 5.77. The largest absolute Gasteiger partial charge is 0.457 e. The number of rotatable bonds is 7. The highest BCUT2D eigenvalue weighted by atomic mass is 16.5. The van der Waals surface area contributed by atoms with Gasteiger partial charge >= 0.3 is 0 Å². The molecule has 3 aromatic heterocycles. The van der Waals surface area contributed by atoms with Gasteiger partial charge in [-0.1, -0.05) is 109 Å². The summed E-state index contributed by atoms with van der Waals surface area (Å²) in [5.74, 6) is 4.00. The predicted molar refractivity (Wildman–Crippen MR) is 212 cm³/mol. The topological polar surface area (TPSA) is 44.9 Å². The second-order valence-corrected chi connectivity index (χ2v) is 15.2. The smallest absolute Gasteiger partial charge is 0.145 e. The van der Waals surface area contributed by atoms with Crippen molar-refractivity contribution in [2.45, 2.75) is 65.7 Å². The molecule has 5 heteroatoms. The minimum absolute atomic E-state index is 0.00349. The zero-order valence-electron chi connectivity index (χ0n) is 30.5. The first kappa shape index (κ1) is 32.5.